The monoisotopic (exact) mass is 571 g/mol. The third-order valence-corrected chi connectivity index (χ3v) is 9.12. The van der Waals surface area contributed by atoms with E-state index in [2.05, 4.69) is 23.5 Å². The van der Waals surface area contributed by atoms with Crippen molar-refractivity contribution in [3.05, 3.63) is 99.3 Å². The lowest BCUT2D eigenvalue weighted by molar-refractivity contribution is -0.113. The van der Waals surface area contributed by atoms with Crippen LogP contribution in [-0.2, 0) is 16.6 Å². The molecule has 1 aromatic heterocycles. The Bertz CT molecular complexity index is 1640. The fourth-order valence-corrected chi connectivity index (χ4v) is 7.15. The number of anilines is 1. The number of fused-ring (bicyclic) bond motifs is 4. The third-order valence-electron chi connectivity index (χ3n) is 7.95. The average molecular weight is 572 g/mol. The first-order valence-corrected chi connectivity index (χ1v) is 14.9. The Kier molecular flexibility index (Phi) is 7.43. The van der Waals surface area contributed by atoms with Crippen molar-refractivity contribution in [3.8, 4) is 22.7 Å². The molecule has 0 unspecified atom stereocenters. The average Bonchev–Trinajstić information content (AvgIpc) is 2.96. The minimum absolute atomic E-state index is 0.0626. The Morgan fingerprint density at radius 3 is 2.65 bits per heavy atom. The van der Waals surface area contributed by atoms with E-state index in [1.54, 1.807) is 35.9 Å². The third kappa shape index (κ3) is 5.04. The maximum Gasteiger partial charge on any atom is 0.263 e. The summed E-state index contributed by atoms with van der Waals surface area (Å²) in [6, 6.07) is 22.8. The predicted molar refractivity (Wildman–Crippen MR) is 161 cm³/mol. The molecule has 6 nitrogen and oxygen atoms in total. The number of carbonyl (C=O) groups excluding carboxylic acids is 1. The molecule has 1 N–H and O–H groups in total. The normalized spacial score (nSPS) is 15.2. The Labute approximate surface area is 242 Å². The first-order chi connectivity index (χ1) is 19.5. The molecule has 0 atom stereocenters. The van der Waals surface area contributed by atoms with Crippen LogP contribution in [0, 0.1) is 0 Å². The molecule has 0 aliphatic heterocycles. The Morgan fingerprint density at radius 1 is 1.05 bits per heavy atom. The van der Waals surface area contributed by atoms with E-state index < -0.39 is 0 Å². The van der Waals surface area contributed by atoms with Gasteiger partial charge in [-0.1, -0.05) is 79.0 Å². The van der Waals surface area contributed by atoms with E-state index >= 15 is 0 Å². The van der Waals surface area contributed by atoms with Crippen LogP contribution in [0.2, 0.25) is 5.02 Å². The highest BCUT2D eigenvalue weighted by Gasteiger charge is 2.43. The Hall–Kier alpha value is -3.55. The van der Waals surface area contributed by atoms with Crippen LogP contribution in [0.25, 0.3) is 16.9 Å². The van der Waals surface area contributed by atoms with Gasteiger partial charge in [-0.25, -0.2) is 4.98 Å². The zero-order chi connectivity index (χ0) is 27.7. The smallest absolute Gasteiger partial charge is 0.263 e. The van der Waals surface area contributed by atoms with Crippen molar-refractivity contribution < 1.29 is 9.53 Å². The lowest BCUT2D eigenvalue weighted by Gasteiger charge is -2.42. The van der Waals surface area contributed by atoms with Gasteiger partial charge in [0.15, 0.2) is 5.16 Å². The number of carbonyl (C=O) groups is 1. The number of methoxy groups -OCH3 is 1. The lowest BCUT2D eigenvalue weighted by Crippen LogP contribution is -2.43. The second-order valence-electron chi connectivity index (χ2n) is 10.5. The van der Waals surface area contributed by atoms with Gasteiger partial charge in [0.05, 0.1) is 29.8 Å². The number of thioether (sulfide) groups is 1. The second-order valence-corrected chi connectivity index (χ2v) is 11.9. The summed E-state index contributed by atoms with van der Waals surface area (Å²) in [6.45, 7) is 0. The van der Waals surface area contributed by atoms with Crippen molar-refractivity contribution in [3.63, 3.8) is 0 Å². The molecular weight excluding hydrogens is 542 g/mol. The molecule has 6 rings (SSSR count). The van der Waals surface area contributed by atoms with Crippen molar-refractivity contribution >= 4 is 35.0 Å². The standard InChI is InChI=1S/C32H30ClN3O3S/c1-39-25-13-8-12-24(18-25)36-30(38)28-29(26-14-4-3-9-21(26)19-32(28)15-5-2-6-16-32)35-31(36)40-20-27(37)34-23-11-7-10-22(33)17-23/h3-4,7-14,17-18H,2,5-6,15-16,19-20H2,1H3,(H,34,37). The number of halogens is 1. The molecule has 1 amide bonds. The topological polar surface area (TPSA) is 73.2 Å². The molecule has 4 aromatic rings. The van der Waals surface area contributed by atoms with Gasteiger partial charge in [0, 0.05) is 27.8 Å². The first kappa shape index (κ1) is 26.7. The molecule has 40 heavy (non-hydrogen) atoms. The number of nitrogens with zero attached hydrogens (tertiary/aromatic N) is 2. The van der Waals surface area contributed by atoms with Crippen LogP contribution in [0.15, 0.2) is 82.7 Å². The molecule has 0 saturated heterocycles. The highest BCUT2D eigenvalue weighted by atomic mass is 35.5. The van der Waals surface area contributed by atoms with Crippen LogP contribution in [-0.4, -0.2) is 28.3 Å². The fourth-order valence-electron chi connectivity index (χ4n) is 6.16. The molecule has 1 spiro atoms. The largest absolute Gasteiger partial charge is 0.497 e. The van der Waals surface area contributed by atoms with Gasteiger partial charge in [-0.3, -0.25) is 14.2 Å². The van der Waals surface area contributed by atoms with Crippen LogP contribution < -0.4 is 15.6 Å². The molecule has 3 aromatic carbocycles. The van der Waals surface area contributed by atoms with E-state index in [0.717, 1.165) is 48.9 Å². The summed E-state index contributed by atoms with van der Waals surface area (Å²) in [6.07, 6.45) is 6.17. The number of benzene rings is 3. The van der Waals surface area contributed by atoms with Crippen molar-refractivity contribution in [1.29, 1.82) is 0 Å². The van der Waals surface area contributed by atoms with Crippen molar-refractivity contribution in [2.45, 2.75) is 49.1 Å². The van der Waals surface area contributed by atoms with Crippen LogP contribution in [0.1, 0.15) is 43.2 Å². The molecule has 1 heterocycles. The Morgan fingerprint density at radius 2 is 1.85 bits per heavy atom. The number of aromatic nitrogens is 2. The number of ether oxygens (including phenoxy) is 1. The number of nitrogens with one attached hydrogen (secondary N) is 1. The molecule has 0 radical (unpaired) electrons. The first-order valence-electron chi connectivity index (χ1n) is 13.6. The van der Waals surface area contributed by atoms with Crippen molar-refractivity contribution in [2.24, 2.45) is 0 Å². The van der Waals surface area contributed by atoms with Crippen molar-refractivity contribution in [2.75, 3.05) is 18.2 Å². The molecule has 0 bridgehead atoms. The van der Waals surface area contributed by atoms with Gasteiger partial charge < -0.3 is 10.1 Å². The SMILES string of the molecule is COc1cccc(-n2c(SCC(=O)Nc3cccc(Cl)c3)nc3c(c2=O)C2(CCCCC2)Cc2ccccc2-3)c1. The van der Waals surface area contributed by atoms with E-state index in [-0.39, 0.29) is 22.6 Å². The van der Waals surface area contributed by atoms with E-state index in [0.29, 0.717) is 27.3 Å². The summed E-state index contributed by atoms with van der Waals surface area (Å²) in [5, 5.41) is 3.91. The zero-order valence-electron chi connectivity index (χ0n) is 22.3. The summed E-state index contributed by atoms with van der Waals surface area (Å²) in [4.78, 5) is 32.8. The number of rotatable bonds is 6. The molecule has 2 aliphatic rings. The van der Waals surface area contributed by atoms with Crippen molar-refractivity contribution in [1.82, 2.24) is 9.55 Å². The van der Waals surface area contributed by atoms with Gasteiger partial charge in [-0.15, -0.1) is 0 Å². The molecule has 1 fully saturated rings. The minimum Gasteiger partial charge on any atom is -0.497 e. The zero-order valence-corrected chi connectivity index (χ0v) is 23.9. The minimum atomic E-state index is -0.236. The highest BCUT2D eigenvalue weighted by Crippen LogP contribution is 2.49. The van der Waals surface area contributed by atoms with Gasteiger partial charge in [-0.2, -0.15) is 0 Å². The highest BCUT2D eigenvalue weighted by molar-refractivity contribution is 7.99. The molecule has 2 aliphatic carbocycles. The molecule has 204 valence electrons. The summed E-state index contributed by atoms with van der Waals surface area (Å²) in [7, 11) is 1.61. The van der Waals surface area contributed by atoms with Gasteiger partial charge >= 0.3 is 0 Å². The van der Waals surface area contributed by atoms with E-state index in [4.69, 9.17) is 21.3 Å². The molecule has 1 saturated carbocycles. The summed E-state index contributed by atoms with van der Waals surface area (Å²) >= 11 is 7.34. The quantitative estimate of drug-likeness (QED) is 0.198. The maximum absolute atomic E-state index is 14.6. The van der Waals surface area contributed by atoms with Gasteiger partial charge in [0.25, 0.3) is 5.56 Å². The van der Waals surface area contributed by atoms with Crippen LogP contribution >= 0.6 is 23.4 Å². The van der Waals surface area contributed by atoms with E-state index in [9.17, 15) is 9.59 Å². The summed E-state index contributed by atoms with van der Waals surface area (Å²) < 4.78 is 7.15. The summed E-state index contributed by atoms with van der Waals surface area (Å²) in [5.41, 5.74) is 4.79. The van der Waals surface area contributed by atoms with E-state index in [1.165, 1.54) is 23.7 Å². The predicted octanol–water partition coefficient (Wildman–Crippen LogP) is 7.05. The fraction of sp³-hybridized carbons (Fsp3) is 0.281. The Balaban J connectivity index is 1.48. The molecule has 8 heteroatoms. The lowest BCUT2D eigenvalue weighted by atomic mass is 9.62. The second kappa shape index (κ2) is 11.1. The number of amides is 1. The maximum atomic E-state index is 14.6. The van der Waals surface area contributed by atoms with Gasteiger partial charge in [0.1, 0.15) is 5.75 Å². The molecular formula is C32H30ClN3O3S. The van der Waals surface area contributed by atoms with Crippen LogP contribution in [0.3, 0.4) is 0 Å². The number of hydrogen-bond acceptors (Lipinski definition) is 5. The van der Waals surface area contributed by atoms with Crippen LogP contribution in [0.5, 0.6) is 5.75 Å². The van der Waals surface area contributed by atoms with E-state index in [1.807, 2.05) is 30.3 Å². The number of hydrogen-bond donors (Lipinski definition) is 1. The summed E-state index contributed by atoms with van der Waals surface area (Å²) in [5.74, 6) is 0.518. The van der Waals surface area contributed by atoms with Gasteiger partial charge in [-0.05, 0) is 55.2 Å². The van der Waals surface area contributed by atoms with Crippen LogP contribution in [0.4, 0.5) is 5.69 Å². The van der Waals surface area contributed by atoms with Gasteiger partial charge in [0.2, 0.25) is 5.91 Å².